The summed E-state index contributed by atoms with van der Waals surface area (Å²) in [5.41, 5.74) is 3.08. The van der Waals surface area contributed by atoms with E-state index in [1.807, 2.05) is 10.6 Å². The zero-order valence-corrected chi connectivity index (χ0v) is 19.5. The summed E-state index contributed by atoms with van der Waals surface area (Å²) < 4.78 is 1.95. The molecule has 1 amide bonds. The van der Waals surface area contributed by atoms with E-state index in [1.165, 1.54) is 37.7 Å². The van der Waals surface area contributed by atoms with Gasteiger partial charge in [-0.05, 0) is 75.0 Å². The van der Waals surface area contributed by atoms with Gasteiger partial charge in [0.05, 0.1) is 12.0 Å². The molecule has 3 heterocycles. The summed E-state index contributed by atoms with van der Waals surface area (Å²) in [7, 11) is 0. The molecule has 0 unspecified atom stereocenters. The van der Waals surface area contributed by atoms with E-state index in [9.17, 15) is 14.7 Å². The Bertz CT molecular complexity index is 1000. The van der Waals surface area contributed by atoms with Gasteiger partial charge in [-0.3, -0.25) is 14.5 Å². The van der Waals surface area contributed by atoms with Crippen LogP contribution in [0.1, 0.15) is 81.5 Å². The van der Waals surface area contributed by atoms with Crippen molar-refractivity contribution in [2.45, 2.75) is 88.9 Å². The number of carbonyl (C=O) groups is 1. The monoisotopic (exact) mass is 451 g/mol. The first-order valence-corrected chi connectivity index (χ1v) is 13.3. The topological polar surface area (TPSA) is 74.6 Å². The van der Waals surface area contributed by atoms with Crippen molar-refractivity contribution in [3.05, 3.63) is 39.8 Å². The number of hydrogen-bond donors (Lipinski definition) is 2. The standard InChI is InChI=1S/C27H37N3O3/c31-16-21-23-15-30-22(13-12-20(27(30)33)18-6-2-1-3-7-18)25(29(23)14-17-10-11-17)24(21)26(32)28-19-8-4-5-9-19/h6,12-13,17,19,21,23-25,31H,1-5,7-11,14-16H2,(H,28,32)/t21-,23-,24+,25+/m1/s1. The fraction of sp³-hybridized carbons (Fsp3) is 0.704. The van der Waals surface area contributed by atoms with Crippen LogP contribution < -0.4 is 10.9 Å². The number of amides is 1. The fourth-order valence-electron chi connectivity index (χ4n) is 7.07. The number of aromatic nitrogens is 1. The normalized spacial score (nSPS) is 32.0. The highest BCUT2D eigenvalue weighted by atomic mass is 16.3. The smallest absolute Gasteiger partial charge is 0.258 e. The Morgan fingerprint density at radius 1 is 1.09 bits per heavy atom. The summed E-state index contributed by atoms with van der Waals surface area (Å²) >= 11 is 0. The first-order chi connectivity index (χ1) is 16.2. The minimum Gasteiger partial charge on any atom is -0.396 e. The highest BCUT2D eigenvalue weighted by Gasteiger charge is 2.56. The van der Waals surface area contributed by atoms with Gasteiger partial charge in [-0.1, -0.05) is 18.9 Å². The first kappa shape index (κ1) is 21.6. The molecule has 2 saturated carbocycles. The molecule has 2 bridgehead atoms. The van der Waals surface area contributed by atoms with Gasteiger partial charge in [0.15, 0.2) is 0 Å². The van der Waals surface area contributed by atoms with Gasteiger partial charge in [-0.25, -0.2) is 0 Å². The number of rotatable bonds is 6. The lowest BCUT2D eigenvalue weighted by Crippen LogP contribution is -2.47. The summed E-state index contributed by atoms with van der Waals surface area (Å²) in [5.74, 6) is 0.337. The molecule has 6 rings (SSSR count). The lowest BCUT2D eigenvalue weighted by atomic mass is 9.86. The second kappa shape index (κ2) is 8.70. The number of carbonyl (C=O) groups excluding carboxylic acids is 1. The molecule has 3 fully saturated rings. The Morgan fingerprint density at radius 3 is 2.61 bits per heavy atom. The van der Waals surface area contributed by atoms with Crippen molar-refractivity contribution in [2.24, 2.45) is 17.8 Å². The average Bonchev–Trinajstić information content (AvgIpc) is 3.45. The Balaban J connectivity index is 1.39. The Kier molecular flexibility index (Phi) is 5.69. The van der Waals surface area contributed by atoms with Crippen LogP contribution in [0.5, 0.6) is 0 Å². The van der Waals surface area contributed by atoms with Gasteiger partial charge < -0.3 is 15.0 Å². The second-order valence-corrected chi connectivity index (χ2v) is 11.1. The molecule has 4 atom stereocenters. The van der Waals surface area contributed by atoms with Crippen LogP contribution in [0.15, 0.2) is 23.0 Å². The maximum atomic E-state index is 13.7. The fourth-order valence-corrected chi connectivity index (χ4v) is 7.07. The van der Waals surface area contributed by atoms with Crippen LogP contribution in [0.25, 0.3) is 5.57 Å². The van der Waals surface area contributed by atoms with E-state index in [2.05, 4.69) is 22.4 Å². The van der Waals surface area contributed by atoms with Gasteiger partial charge in [0, 0.05) is 49.0 Å². The van der Waals surface area contributed by atoms with Crippen LogP contribution in [0, 0.1) is 17.8 Å². The Labute approximate surface area is 196 Å². The van der Waals surface area contributed by atoms with E-state index in [4.69, 9.17) is 0 Å². The number of nitrogens with zero attached hydrogens (tertiary/aromatic N) is 2. The summed E-state index contributed by atoms with van der Waals surface area (Å²) in [6, 6.07) is 4.31. The van der Waals surface area contributed by atoms with E-state index in [0.29, 0.717) is 12.5 Å². The van der Waals surface area contributed by atoms with E-state index < -0.39 is 0 Å². The largest absolute Gasteiger partial charge is 0.396 e. The van der Waals surface area contributed by atoms with Crippen LogP contribution in [0.3, 0.4) is 0 Å². The molecule has 5 aliphatic rings. The van der Waals surface area contributed by atoms with E-state index in [1.54, 1.807) is 0 Å². The minimum absolute atomic E-state index is 0.00810. The van der Waals surface area contributed by atoms with Crippen LogP contribution in [0.4, 0.5) is 0 Å². The lowest BCUT2D eigenvalue weighted by Gasteiger charge is -2.38. The minimum atomic E-state index is -0.299. The summed E-state index contributed by atoms with van der Waals surface area (Å²) in [6.07, 6.45) is 13.6. The van der Waals surface area contributed by atoms with Crippen molar-refractivity contribution in [3.63, 3.8) is 0 Å². The Morgan fingerprint density at radius 2 is 1.91 bits per heavy atom. The van der Waals surface area contributed by atoms with Crippen molar-refractivity contribution in [3.8, 4) is 0 Å². The quantitative estimate of drug-likeness (QED) is 0.696. The number of aliphatic hydroxyl groups is 1. The maximum absolute atomic E-state index is 13.7. The third-order valence-corrected chi connectivity index (χ3v) is 8.98. The molecule has 6 nitrogen and oxygen atoms in total. The molecule has 0 aromatic carbocycles. The van der Waals surface area contributed by atoms with E-state index >= 15 is 0 Å². The molecule has 178 valence electrons. The van der Waals surface area contributed by atoms with Crippen molar-refractivity contribution in [2.75, 3.05) is 13.2 Å². The third kappa shape index (κ3) is 3.79. The van der Waals surface area contributed by atoms with Crippen LogP contribution in [0.2, 0.25) is 0 Å². The zero-order valence-electron chi connectivity index (χ0n) is 19.5. The number of allylic oxidation sites excluding steroid dienone is 2. The number of fused-ring (bicyclic) bond motifs is 4. The Hall–Kier alpha value is -1.92. The zero-order chi connectivity index (χ0) is 22.5. The van der Waals surface area contributed by atoms with Crippen molar-refractivity contribution < 1.29 is 9.90 Å². The number of nitrogens with one attached hydrogen (secondary N) is 1. The molecular formula is C27H37N3O3. The third-order valence-electron chi connectivity index (χ3n) is 8.98. The molecule has 0 radical (unpaired) electrons. The van der Waals surface area contributed by atoms with Crippen LogP contribution >= 0.6 is 0 Å². The van der Waals surface area contributed by atoms with Gasteiger partial charge in [-0.2, -0.15) is 0 Å². The number of pyridine rings is 1. The molecule has 6 heteroatoms. The molecule has 2 aliphatic heterocycles. The van der Waals surface area contributed by atoms with Gasteiger partial charge in [-0.15, -0.1) is 0 Å². The van der Waals surface area contributed by atoms with Crippen molar-refractivity contribution >= 4 is 11.5 Å². The van der Waals surface area contributed by atoms with Crippen molar-refractivity contribution in [1.29, 1.82) is 0 Å². The predicted octanol–water partition coefficient (Wildman–Crippen LogP) is 3.24. The van der Waals surface area contributed by atoms with Gasteiger partial charge >= 0.3 is 0 Å². The molecule has 1 aromatic heterocycles. The molecular weight excluding hydrogens is 414 g/mol. The average molecular weight is 452 g/mol. The van der Waals surface area contributed by atoms with Gasteiger partial charge in [0.2, 0.25) is 5.91 Å². The molecule has 2 N–H and O–H groups in total. The predicted molar refractivity (Wildman–Crippen MR) is 128 cm³/mol. The summed E-state index contributed by atoms with van der Waals surface area (Å²) in [5, 5.41) is 13.8. The van der Waals surface area contributed by atoms with E-state index in [0.717, 1.165) is 49.9 Å². The van der Waals surface area contributed by atoms with E-state index in [-0.39, 0.29) is 48.0 Å². The SMILES string of the molecule is O=C(NC1CCCC1)[C@H]1[C@H](CO)[C@H]2Cn3c(ccc(C4=CCCCC4)c3=O)[C@@H]1N2CC1CC1. The molecule has 0 spiro atoms. The molecule has 1 saturated heterocycles. The lowest BCUT2D eigenvalue weighted by molar-refractivity contribution is -0.128. The molecule has 3 aliphatic carbocycles. The molecule has 1 aromatic rings. The highest BCUT2D eigenvalue weighted by Crippen LogP contribution is 2.50. The maximum Gasteiger partial charge on any atom is 0.258 e. The van der Waals surface area contributed by atoms with Crippen LogP contribution in [-0.4, -0.2) is 45.7 Å². The van der Waals surface area contributed by atoms with Crippen molar-refractivity contribution in [1.82, 2.24) is 14.8 Å². The highest BCUT2D eigenvalue weighted by molar-refractivity contribution is 5.81. The summed E-state index contributed by atoms with van der Waals surface area (Å²) in [6.45, 7) is 1.54. The molecule has 33 heavy (non-hydrogen) atoms. The van der Waals surface area contributed by atoms with Gasteiger partial charge in [0.1, 0.15) is 0 Å². The first-order valence-electron chi connectivity index (χ1n) is 13.3. The van der Waals surface area contributed by atoms with Crippen LogP contribution in [-0.2, 0) is 11.3 Å². The number of hydrogen-bond acceptors (Lipinski definition) is 4. The number of aliphatic hydroxyl groups excluding tert-OH is 1. The van der Waals surface area contributed by atoms with Gasteiger partial charge in [0.25, 0.3) is 5.56 Å². The second-order valence-electron chi connectivity index (χ2n) is 11.1. The summed E-state index contributed by atoms with van der Waals surface area (Å²) in [4.78, 5) is 29.8.